The molecule has 1 aromatic carbocycles. The summed E-state index contributed by atoms with van der Waals surface area (Å²) in [4.78, 5) is 2.65. The number of hydrogen-bond donors (Lipinski definition) is 1. The molecular weight excluding hydrogens is 220 g/mol. The van der Waals surface area contributed by atoms with Gasteiger partial charge in [-0.15, -0.1) is 0 Å². The van der Waals surface area contributed by atoms with Crippen molar-refractivity contribution in [1.29, 1.82) is 0 Å². The van der Waals surface area contributed by atoms with E-state index in [2.05, 4.69) is 43.9 Å². The predicted octanol–water partition coefficient (Wildman–Crippen LogP) is 3.22. The Hall–Kier alpha value is -0.860. The Morgan fingerprint density at radius 3 is 2.44 bits per heavy atom. The first kappa shape index (κ1) is 13.6. The minimum atomic E-state index is 0.637. The molecule has 2 unspecified atom stereocenters. The number of nitrogens with two attached hydrogens (primary N) is 1. The third-order valence-electron chi connectivity index (χ3n) is 4.37. The summed E-state index contributed by atoms with van der Waals surface area (Å²) >= 11 is 0. The molecule has 2 rings (SSSR count). The maximum absolute atomic E-state index is 5.69. The fraction of sp³-hybridized carbons (Fsp3) is 0.625. The van der Waals surface area contributed by atoms with Crippen molar-refractivity contribution in [3.05, 3.63) is 34.9 Å². The van der Waals surface area contributed by atoms with E-state index in [1.165, 1.54) is 36.0 Å². The minimum Gasteiger partial charge on any atom is -0.326 e. The number of hydrogen-bond acceptors (Lipinski definition) is 2. The molecule has 100 valence electrons. The van der Waals surface area contributed by atoms with Crippen LogP contribution in [0.3, 0.4) is 0 Å². The van der Waals surface area contributed by atoms with Crippen LogP contribution in [0.15, 0.2) is 18.2 Å². The second-order valence-electron chi connectivity index (χ2n) is 5.77. The molecule has 0 saturated carbocycles. The molecule has 0 radical (unpaired) electrons. The Morgan fingerprint density at radius 2 is 1.89 bits per heavy atom. The molecule has 2 atom stereocenters. The number of aryl methyl sites for hydroxylation is 1. The number of rotatable bonds is 3. The van der Waals surface area contributed by atoms with E-state index in [1.807, 2.05) is 0 Å². The first-order chi connectivity index (χ1) is 8.61. The normalized spacial score (nSPS) is 25.3. The van der Waals surface area contributed by atoms with Gasteiger partial charge < -0.3 is 5.73 Å². The number of likely N-dealkylation sites (tertiary alicyclic amines) is 1. The van der Waals surface area contributed by atoms with Crippen molar-refractivity contribution in [3.63, 3.8) is 0 Å². The summed E-state index contributed by atoms with van der Waals surface area (Å²) in [5.41, 5.74) is 9.75. The van der Waals surface area contributed by atoms with Gasteiger partial charge in [0.05, 0.1) is 0 Å². The molecule has 2 nitrogen and oxygen atoms in total. The van der Waals surface area contributed by atoms with Crippen molar-refractivity contribution in [2.24, 2.45) is 5.73 Å². The summed E-state index contributed by atoms with van der Waals surface area (Å²) in [6.07, 6.45) is 4.05. The van der Waals surface area contributed by atoms with Crippen LogP contribution in [0.2, 0.25) is 0 Å². The Balaban J connectivity index is 2.12. The number of piperidine rings is 1. The third kappa shape index (κ3) is 2.93. The zero-order chi connectivity index (χ0) is 13.1. The Kier molecular flexibility index (Phi) is 4.41. The Bertz CT molecular complexity index is 390. The van der Waals surface area contributed by atoms with Gasteiger partial charge in [0.15, 0.2) is 0 Å². The molecule has 1 saturated heterocycles. The van der Waals surface area contributed by atoms with Gasteiger partial charge in [0.25, 0.3) is 0 Å². The molecule has 1 heterocycles. The summed E-state index contributed by atoms with van der Waals surface area (Å²) in [5.74, 6) is 0. The fourth-order valence-corrected chi connectivity index (χ4v) is 3.05. The summed E-state index contributed by atoms with van der Waals surface area (Å²) in [6, 6.07) is 8.08. The van der Waals surface area contributed by atoms with Gasteiger partial charge in [-0.1, -0.05) is 24.6 Å². The maximum atomic E-state index is 5.69. The van der Waals surface area contributed by atoms with Crippen molar-refractivity contribution in [2.75, 3.05) is 0 Å². The molecule has 1 aliphatic heterocycles. The molecule has 1 aliphatic rings. The summed E-state index contributed by atoms with van der Waals surface area (Å²) in [7, 11) is 0. The SMILES string of the molecule is Cc1cc(CN)ccc1CN1C(C)CCCC1C. The number of benzene rings is 1. The van der Waals surface area contributed by atoms with Crippen LogP contribution >= 0.6 is 0 Å². The van der Waals surface area contributed by atoms with Crippen LogP contribution in [0.4, 0.5) is 0 Å². The van der Waals surface area contributed by atoms with Crippen LogP contribution in [0.1, 0.15) is 49.8 Å². The predicted molar refractivity (Wildman–Crippen MR) is 77.4 cm³/mol. The van der Waals surface area contributed by atoms with Crippen LogP contribution in [0, 0.1) is 6.92 Å². The van der Waals surface area contributed by atoms with Crippen LogP contribution in [-0.2, 0) is 13.1 Å². The smallest absolute Gasteiger partial charge is 0.0242 e. The van der Waals surface area contributed by atoms with Crippen LogP contribution < -0.4 is 5.73 Å². The van der Waals surface area contributed by atoms with E-state index in [9.17, 15) is 0 Å². The highest BCUT2D eigenvalue weighted by Gasteiger charge is 2.24. The highest BCUT2D eigenvalue weighted by atomic mass is 15.2. The van der Waals surface area contributed by atoms with Crippen molar-refractivity contribution in [2.45, 2.75) is 65.2 Å². The van der Waals surface area contributed by atoms with Gasteiger partial charge in [-0.3, -0.25) is 4.90 Å². The molecule has 0 spiro atoms. The number of nitrogens with zero attached hydrogens (tertiary/aromatic N) is 1. The van der Waals surface area contributed by atoms with Gasteiger partial charge in [-0.2, -0.15) is 0 Å². The second kappa shape index (κ2) is 5.85. The quantitative estimate of drug-likeness (QED) is 0.887. The lowest BCUT2D eigenvalue weighted by Gasteiger charge is -2.39. The molecule has 2 N–H and O–H groups in total. The van der Waals surface area contributed by atoms with E-state index >= 15 is 0 Å². The van der Waals surface area contributed by atoms with E-state index in [4.69, 9.17) is 5.73 Å². The Morgan fingerprint density at radius 1 is 1.22 bits per heavy atom. The lowest BCUT2D eigenvalue weighted by molar-refractivity contribution is 0.0951. The van der Waals surface area contributed by atoms with Gasteiger partial charge >= 0.3 is 0 Å². The molecule has 0 aliphatic carbocycles. The van der Waals surface area contributed by atoms with Crippen LogP contribution in [0.5, 0.6) is 0 Å². The highest BCUT2D eigenvalue weighted by molar-refractivity contribution is 5.31. The molecule has 0 bridgehead atoms. The van der Waals surface area contributed by atoms with Crippen molar-refractivity contribution < 1.29 is 0 Å². The molecule has 0 amide bonds. The lowest BCUT2D eigenvalue weighted by Crippen LogP contribution is -2.43. The van der Waals surface area contributed by atoms with E-state index in [0.717, 1.165) is 6.54 Å². The van der Waals surface area contributed by atoms with Crippen molar-refractivity contribution >= 4 is 0 Å². The fourth-order valence-electron chi connectivity index (χ4n) is 3.05. The Labute approximate surface area is 111 Å². The van der Waals surface area contributed by atoms with Gasteiger partial charge in [-0.25, -0.2) is 0 Å². The second-order valence-corrected chi connectivity index (χ2v) is 5.77. The molecular formula is C16H26N2. The minimum absolute atomic E-state index is 0.637. The third-order valence-corrected chi connectivity index (χ3v) is 4.37. The largest absolute Gasteiger partial charge is 0.326 e. The average Bonchev–Trinajstić information content (AvgIpc) is 2.35. The first-order valence-electron chi connectivity index (χ1n) is 7.16. The maximum Gasteiger partial charge on any atom is 0.0242 e. The first-order valence-corrected chi connectivity index (χ1v) is 7.16. The summed E-state index contributed by atoms with van der Waals surface area (Å²) in [6.45, 7) is 8.64. The molecule has 1 aromatic rings. The van der Waals surface area contributed by atoms with Gasteiger partial charge in [0.1, 0.15) is 0 Å². The lowest BCUT2D eigenvalue weighted by atomic mass is 9.95. The zero-order valence-corrected chi connectivity index (χ0v) is 11.9. The zero-order valence-electron chi connectivity index (χ0n) is 11.9. The topological polar surface area (TPSA) is 29.3 Å². The van der Waals surface area contributed by atoms with Gasteiger partial charge in [0, 0.05) is 25.2 Å². The summed E-state index contributed by atoms with van der Waals surface area (Å²) < 4.78 is 0. The van der Waals surface area contributed by atoms with Crippen LogP contribution in [0.25, 0.3) is 0 Å². The molecule has 0 aromatic heterocycles. The monoisotopic (exact) mass is 246 g/mol. The average molecular weight is 246 g/mol. The van der Waals surface area contributed by atoms with Gasteiger partial charge in [-0.05, 0) is 50.3 Å². The van der Waals surface area contributed by atoms with E-state index in [1.54, 1.807) is 0 Å². The van der Waals surface area contributed by atoms with E-state index in [-0.39, 0.29) is 0 Å². The highest BCUT2D eigenvalue weighted by Crippen LogP contribution is 2.25. The van der Waals surface area contributed by atoms with Gasteiger partial charge in [0.2, 0.25) is 0 Å². The van der Waals surface area contributed by atoms with E-state index in [0.29, 0.717) is 18.6 Å². The van der Waals surface area contributed by atoms with Crippen molar-refractivity contribution in [3.8, 4) is 0 Å². The van der Waals surface area contributed by atoms with E-state index < -0.39 is 0 Å². The van der Waals surface area contributed by atoms with Crippen molar-refractivity contribution in [1.82, 2.24) is 4.90 Å². The summed E-state index contributed by atoms with van der Waals surface area (Å²) in [5, 5.41) is 0. The molecule has 2 heteroatoms. The molecule has 1 fully saturated rings. The van der Waals surface area contributed by atoms with Crippen LogP contribution in [-0.4, -0.2) is 17.0 Å². The standard InChI is InChI=1S/C16H26N2/c1-12-9-15(10-17)7-8-16(12)11-18-13(2)5-4-6-14(18)3/h7-9,13-14H,4-6,10-11,17H2,1-3H3. The molecule has 18 heavy (non-hydrogen) atoms.